The molecular weight excluding hydrogens is 304 g/mol. The standard InChI is InChI=1S/C18H20N4O2/c23-17(22-6-3-7-24-12-22)15-10-19-18(20-11-15)21-16-8-13-4-1-2-5-14(13)9-16/h1-2,4-5,10-11,16H,3,6-9,12H2,(H,19,20,21). The van der Waals surface area contributed by atoms with Crippen molar-refractivity contribution in [2.75, 3.05) is 25.2 Å². The molecule has 4 rings (SSSR count). The lowest BCUT2D eigenvalue weighted by molar-refractivity contribution is -0.00575. The second-order valence-corrected chi connectivity index (χ2v) is 6.27. The number of fused-ring (bicyclic) bond motifs is 1. The second-order valence-electron chi connectivity index (χ2n) is 6.27. The van der Waals surface area contributed by atoms with Crippen LogP contribution < -0.4 is 5.32 Å². The van der Waals surface area contributed by atoms with Crippen molar-refractivity contribution in [1.29, 1.82) is 0 Å². The van der Waals surface area contributed by atoms with Crippen molar-refractivity contribution in [1.82, 2.24) is 14.9 Å². The highest BCUT2D eigenvalue weighted by molar-refractivity contribution is 5.93. The van der Waals surface area contributed by atoms with Crippen LogP contribution in [0.5, 0.6) is 0 Å². The Bertz CT molecular complexity index is 701. The van der Waals surface area contributed by atoms with Crippen LogP contribution in [-0.4, -0.2) is 46.7 Å². The number of amides is 1. The molecule has 2 aliphatic rings. The molecule has 1 fully saturated rings. The topological polar surface area (TPSA) is 67.4 Å². The van der Waals surface area contributed by atoms with Crippen molar-refractivity contribution in [2.45, 2.75) is 25.3 Å². The summed E-state index contributed by atoms with van der Waals surface area (Å²) in [4.78, 5) is 22.7. The molecule has 1 N–H and O–H groups in total. The minimum atomic E-state index is -0.0745. The molecule has 1 aliphatic carbocycles. The van der Waals surface area contributed by atoms with Gasteiger partial charge in [-0.2, -0.15) is 0 Å². The van der Waals surface area contributed by atoms with Gasteiger partial charge in [0.2, 0.25) is 5.95 Å². The van der Waals surface area contributed by atoms with Crippen LogP contribution in [0, 0.1) is 0 Å². The number of nitrogens with one attached hydrogen (secondary N) is 1. The minimum absolute atomic E-state index is 0.0745. The van der Waals surface area contributed by atoms with Crippen LogP contribution in [0.1, 0.15) is 27.9 Å². The Hall–Kier alpha value is -2.47. The predicted molar refractivity (Wildman–Crippen MR) is 89.8 cm³/mol. The highest BCUT2D eigenvalue weighted by atomic mass is 16.5. The number of hydrogen-bond donors (Lipinski definition) is 1. The Morgan fingerprint density at radius 2 is 1.88 bits per heavy atom. The molecule has 6 nitrogen and oxygen atoms in total. The third-order valence-corrected chi connectivity index (χ3v) is 4.53. The van der Waals surface area contributed by atoms with E-state index in [1.54, 1.807) is 17.3 Å². The van der Waals surface area contributed by atoms with Gasteiger partial charge in [0.1, 0.15) is 6.73 Å². The SMILES string of the molecule is O=C(c1cnc(NC2Cc3ccccc3C2)nc1)N1CCCOC1. The second kappa shape index (κ2) is 6.57. The summed E-state index contributed by atoms with van der Waals surface area (Å²) < 4.78 is 5.32. The van der Waals surface area contributed by atoms with Crippen LogP contribution in [0.4, 0.5) is 5.95 Å². The Morgan fingerprint density at radius 1 is 1.17 bits per heavy atom. The fourth-order valence-corrected chi connectivity index (χ4v) is 3.30. The van der Waals surface area contributed by atoms with Crippen molar-refractivity contribution in [3.63, 3.8) is 0 Å². The number of carbonyl (C=O) groups is 1. The zero-order valence-corrected chi connectivity index (χ0v) is 13.4. The van der Waals surface area contributed by atoms with Gasteiger partial charge in [0.05, 0.1) is 12.2 Å². The molecule has 1 saturated heterocycles. The van der Waals surface area contributed by atoms with Gasteiger partial charge in [-0.1, -0.05) is 24.3 Å². The first-order valence-electron chi connectivity index (χ1n) is 8.32. The maximum absolute atomic E-state index is 12.3. The first kappa shape index (κ1) is 15.1. The van der Waals surface area contributed by atoms with E-state index < -0.39 is 0 Å². The lowest BCUT2D eigenvalue weighted by atomic mass is 10.1. The lowest BCUT2D eigenvalue weighted by Crippen LogP contribution is -2.38. The van der Waals surface area contributed by atoms with Crippen molar-refractivity contribution in [2.24, 2.45) is 0 Å². The summed E-state index contributed by atoms with van der Waals surface area (Å²) in [6.45, 7) is 1.78. The van der Waals surface area contributed by atoms with Gasteiger partial charge in [-0.05, 0) is 30.4 Å². The average molecular weight is 324 g/mol. The molecular formula is C18H20N4O2. The maximum atomic E-state index is 12.3. The van der Waals surface area contributed by atoms with Gasteiger partial charge in [0, 0.05) is 25.0 Å². The van der Waals surface area contributed by atoms with E-state index in [2.05, 4.69) is 39.6 Å². The highest BCUT2D eigenvalue weighted by Crippen LogP contribution is 2.23. The maximum Gasteiger partial charge on any atom is 0.258 e. The van der Waals surface area contributed by atoms with E-state index in [9.17, 15) is 4.79 Å². The van der Waals surface area contributed by atoms with Crippen LogP contribution in [0.25, 0.3) is 0 Å². The smallest absolute Gasteiger partial charge is 0.258 e. The number of ether oxygens (including phenoxy) is 1. The van der Waals surface area contributed by atoms with E-state index in [-0.39, 0.29) is 5.91 Å². The van der Waals surface area contributed by atoms with Crippen LogP contribution in [0.3, 0.4) is 0 Å². The summed E-state index contributed by atoms with van der Waals surface area (Å²) in [6, 6.07) is 8.78. The quantitative estimate of drug-likeness (QED) is 0.934. The molecule has 1 aliphatic heterocycles. The van der Waals surface area contributed by atoms with Gasteiger partial charge < -0.3 is 15.0 Å². The third kappa shape index (κ3) is 3.10. The van der Waals surface area contributed by atoms with Crippen molar-refractivity contribution in [3.05, 3.63) is 53.3 Å². The van der Waals surface area contributed by atoms with Crippen LogP contribution in [0.2, 0.25) is 0 Å². The number of rotatable bonds is 3. The van der Waals surface area contributed by atoms with Gasteiger partial charge in [0.25, 0.3) is 5.91 Å². The molecule has 124 valence electrons. The fourth-order valence-electron chi connectivity index (χ4n) is 3.30. The molecule has 1 aromatic heterocycles. The zero-order valence-electron chi connectivity index (χ0n) is 13.4. The number of anilines is 1. The fraction of sp³-hybridized carbons (Fsp3) is 0.389. The van der Waals surface area contributed by atoms with E-state index in [1.165, 1.54) is 11.1 Å². The zero-order chi connectivity index (χ0) is 16.4. The number of hydrogen-bond acceptors (Lipinski definition) is 5. The van der Waals surface area contributed by atoms with Crippen molar-refractivity contribution >= 4 is 11.9 Å². The molecule has 2 aromatic rings. The summed E-state index contributed by atoms with van der Waals surface area (Å²) in [5, 5.41) is 3.36. The Morgan fingerprint density at radius 3 is 2.50 bits per heavy atom. The number of carbonyl (C=O) groups excluding carboxylic acids is 1. The molecule has 0 atom stereocenters. The van der Waals surface area contributed by atoms with E-state index in [1.807, 2.05) is 0 Å². The molecule has 0 spiro atoms. The lowest BCUT2D eigenvalue weighted by Gasteiger charge is -2.26. The van der Waals surface area contributed by atoms with Gasteiger partial charge in [-0.3, -0.25) is 4.79 Å². The number of benzene rings is 1. The normalized spacial score (nSPS) is 17.6. The molecule has 0 saturated carbocycles. The molecule has 0 unspecified atom stereocenters. The summed E-state index contributed by atoms with van der Waals surface area (Å²) in [7, 11) is 0. The van der Waals surface area contributed by atoms with Crippen LogP contribution in [-0.2, 0) is 17.6 Å². The predicted octanol–water partition coefficient (Wildman–Crippen LogP) is 1.88. The monoisotopic (exact) mass is 324 g/mol. The molecule has 6 heteroatoms. The molecule has 1 amide bonds. The van der Waals surface area contributed by atoms with Gasteiger partial charge in [0.15, 0.2) is 0 Å². The number of nitrogens with zero attached hydrogens (tertiary/aromatic N) is 3. The summed E-state index contributed by atoms with van der Waals surface area (Å²) in [5.74, 6) is 0.494. The first-order chi connectivity index (χ1) is 11.8. The highest BCUT2D eigenvalue weighted by Gasteiger charge is 2.22. The van der Waals surface area contributed by atoms with Gasteiger partial charge in [-0.15, -0.1) is 0 Å². The largest absolute Gasteiger partial charge is 0.361 e. The van der Waals surface area contributed by atoms with Gasteiger partial charge >= 0.3 is 0 Å². The minimum Gasteiger partial charge on any atom is -0.361 e. The molecule has 24 heavy (non-hydrogen) atoms. The van der Waals surface area contributed by atoms with E-state index in [4.69, 9.17) is 4.74 Å². The molecule has 0 radical (unpaired) electrons. The molecule has 0 bridgehead atoms. The summed E-state index contributed by atoms with van der Waals surface area (Å²) in [6.07, 6.45) is 6.01. The number of aromatic nitrogens is 2. The molecule has 1 aromatic carbocycles. The van der Waals surface area contributed by atoms with Crippen molar-refractivity contribution < 1.29 is 9.53 Å². The summed E-state index contributed by atoms with van der Waals surface area (Å²) in [5.41, 5.74) is 3.26. The van der Waals surface area contributed by atoms with Gasteiger partial charge in [-0.25, -0.2) is 9.97 Å². The Labute approximate surface area is 140 Å². The first-order valence-corrected chi connectivity index (χ1v) is 8.32. The Kier molecular flexibility index (Phi) is 4.13. The third-order valence-electron chi connectivity index (χ3n) is 4.53. The van der Waals surface area contributed by atoms with E-state index in [0.29, 0.717) is 30.9 Å². The average Bonchev–Trinajstić information content (AvgIpc) is 3.05. The van der Waals surface area contributed by atoms with Crippen LogP contribution >= 0.6 is 0 Å². The van der Waals surface area contributed by atoms with Crippen LogP contribution in [0.15, 0.2) is 36.7 Å². The van der Waals surface area contributed by atoms with E-state index in [0.717, 1.165) is 25.8 Å². The van der Waals surface area contributed by atoms with Crippen molar-refractivity contribution in [3.8, 4) is 0 Å². The molecule has 2 heterocycles. The summed E-state index contributed by atoms with van der Waals surface area (Å²) >= 11 is 0. The van der Waals surface area contributed by atoms with E-state index >= 15 is 0 Å². The Balaban J connectivity index is 1.39.